The van der Waals surface area contributed by atoms with Crippen molar-refractivity contribution in [2.75, 3.05) is 10.6 Å². The number of halogens is 1. The number of carbonyl (C=O) groups is 2. The molecule has 3 rings (SSSR count). The summed E-state index contributed by atoms with van der Waals surface area (Å²) in [4.78, 5) is 24.3. The SMILES string of the molecule is NC1CCCC(C(=O)Nc2ccc(NC(=O)c3ccco3)c(Cl)c2)C1. The highest BCUT2D eigenvalue weighted by molar-refractivity contribution is 6.34. The lowest BCUT2D eigenvalue weighted by molar-refractivity contribution is -0.120. The van der Waals surface area contributed by atoms with Crippen LogP contribution in [-0.2, 0) is 4.79 Å². The molecule has 2 unspecified atom stereocenters. The molecule has 4 N–H and O–H groups in total. The van der Waals surface area contributed by atoms with E-state index in [1.165, 1.54) is 6.26 Å². The van der Waals surface area contributed by atoms with Crippen LogP contribution in [0.2, 0.25) is 5.02 Å². The van der Waals surface area contributed by atoms with Gasteiger partial charge in [0.15, 0.2) is 5.76 Å². The van der Waals surface area contributed by atoms with Crippen LogP contribution in [-0.4, -0.2) is 17.9 Å². The third-order valence-electron chi connectivity index (χ3n) is 4.32. The minimum atomic E-state index is -0.389. The Hall–Kier alpha value is -2.31. The topological polar surface area (TPSA) is 97.4 Å². The second-order valence-electron chi connectivity index (χ2n) is 6.24. The molecule has 0 bridgehead atoms. The molecule has 1 aliphatic rings. The molecule has 2 amide bonds. The number of furan rings is 1. The van der Waals surface area contributed by atoms with Crippen molar-refractivity contribution in [3.63, 3.8) is 0 Å². The number of anilines is 2. The van der Waals surface area contributed by atoms with Gasteiger partial charge in [0, 0.05) is 17.6 Å². The Morgan fingerprint density at radius 2 is 2.04 bits per heavy atom. The fraction of sp³-hybridized carbons (Fsp3) is 0.333. The maximum absolute atomic E-state index is 12.4. The van der Waals surface area contributed by atoms with Crippen molar-refractivity contribution in [3.05, 3.63) is 47.4 Å². The summed E-state index contributed by atoms with van der Waals surface area (Å²) < 4.78 is 5.04. The summed E-state index contributed by atoms with van der Waals surface area (Å²) in [6.07, 6.45) is 4.92. The van der Waals surface area contributed by atoms with Gasteiger partial charge in [-0.2, -0.15) is 0 Å². The second kappa shape index (κ2) is 7.72. The molecule has 0 aliphatic heterocycles. The van der Waals surface area contributed by atoms with Crippen molar-refractivity contribution in [1.82, 2.24) is 0 Å². The van der Waals surface area contributed by atoms with E-state index in [4.69, 9.17) is 21.8 Å². The van der Waals surface area contributed by atoms with E-state index in [-0.39, 0.29) is 29.5 Å². The van der Waals surface area contributed by atoms with E-state index in [0.717, 1.165) is 19.3 Å². The third-order valence-corrected chi connectivity index (χ3v) is 4.63. The molecule has 6 nitrogen and oxygen atoms in total. The monoisotopic (exact) mass is 361 g/mol. The maximum atomic E-state index is 12.4. The normalized spacial score (nSPS) is 20.1. The van der Waals surface area contributed by atoms with Crippen LogP contribution in [0, 0.1) is 5.92 Å². The van der Waals surface area contributed by atoms with Crippen LogP contribution < -0.4 is 16.4 Å². The first-order valence-electron chi connectivity index (χ1n) is 8.24. The maximum Gasteiger partial charge on any atom is 0.291 e. The van der Waals surface area contributed by atoms with Gasteiger partial charge in [0.05, 0.1) is 17.0 Å². The number of hydrogen-bond donors (Lipinski definition) is 3. The van der Waals surface area contributed by atoms with E-state index >= 15 is 0 Å². The molecule has 1 aliphatic carbocycles. The van der Waals surface area contributed by atoms with Crippen molar-refractivity contribution in [2.45, 2.75) is 31.7 Å². The van der Waals surface area contributed by atoms with Crippen LogP contribution in [0.5, 0.6) is 0 Å². The Morgan fingerprint density at radius 1 is 1.20 bits per heavy atom. The van der Waals surface area contributed by atoms with Crippen LogP contribution in [0.25, 0.3) is 0 Å². The van der Waals surface area contributed by atoms with E-state index < -0.39 is 0 Å². The largest absolute Gasteiger partial charge is 0.459 e. The molecule has 1 saturated carbocycles. The number of nitrogens with two attached hydrogens (primary N) is 1. The minimum absolute atomic E-state index is 0.0430. The Labute approximate surface area is 150 Å². The highest BCUT2D eigenvalue weighted by Gasteiger charge is 2.25. The van der Waals surface area contributed by atoms with Crippen molar-refractivity contribution in [2.24, 2.45) is 11.7 Å². The Bertz CT molecular complexity index is 761. The van der Waals surface area contributed by atoms with E-state index in [1.807, 2.05) is 0 Å². The van der Waals surface area contributed by atoms with Crippen molar-refractivity contribution in [3.8, 4) is 0 Å². The smallest absolute Gasteiger partial charge is 0.291 e. The molecule has 25 heavy (non-hydrogen) atoms. The van der Waals surface area contributed by atoms with Gasteiger partial charge in [-0.15, -0.1) is 0 Å². The number of nitrogens with one attached hydrogen (secondary N) is 2. The summed E-state index contributed by atoms with van der Waals surface area (Å²) in [6, 6.07) is 8.24. The van der Waals surface area contributed by atoms with Gasteiger partial charge in [-0.3, -0.25) is 9.59 Å². The molecule has 2 aromatic rings. The van der Waals surface area contributed by atoms with E-state index in [9.17, 15) is 9.59 Å². The Balaban J connectivity index is 1.63. The van der Waals surface area contributed by atoms with Crippen molar-refractivity contribution < 1.29 is 14.0 Å². The van der Waals surface area contributed by atoms with Gasteiger partial charge in [0.25, 0.3) is 5.91 Å². The molecule has 0 radical (unpaired) electrons. The molecule has 132 valence electrons. The zero-order valence-electron chi connectivity index (χ0n) is 13.6. The van der Waals surface area contributed by atoms with Crippen molar-refractivity contribution >= 4 is 34.8 Å². The van der Waals surface area contributed by atoms with E-state index in [1.54, 1.807) is 30.3 Å². The Kier molecular flexibility index (Phi) is 5.40. The lowest BCUT2D eigenvalue weighted by Gasteiger charge is -2.25. The molecule has 7 heteroatoms. The molecule has 1 aromatic heterocycles. The predicted molar refractivity (Wildman–Crippen MR) is 96.7 cm³/mol. The summed E-state index contributed by atoms with van der Waals surface area (Å²) in [7, 11) is 0. The fourth-order valence-electron chi connectivity index (χ4n) is 3.00. The summed E-state index contributed by atoms with van der Waals surface area (Å²) >= 11 is 6.21. The zero-order chi connectivity index (χ0) is 17.8. The first-order chi connectivity index (χ1) is 12.0. The molecule has 0 spiro atoms. The lowest BCUT2D eigenvalue weighted by Crippen LogP contribution is -2.34. The van der Waals surface area contributed by atoms with Crippen molar-refractivity contribution in [1.29, 1.82) is 0 Å². The lowest BCUT2D eigenvalue weighted by atomic mass is 9.85. The number of benzene rings is 1. The summed E-state index contributed by atoms with van der Waals surface area (Å²) in [5.41, 5.74) is 6.97. The van der Waals surface area contributed by atoms with Gasteiger partial charge < -0.3 is 20.8 Å². The highest BCUT2D eigenvalue weighted by Crippen LogP contribution is 2.28. The van der Waals surface area contributed by atoms with Crippen LogP contribution in [0.1, 0.15) is 36.2 Å². The Morgan fingerprint density at radius 3 is 2.72 bits per heavy atom. The van der Waals surface area contributed by atoms with Gasteiger partial charge in [-0.05, 0) is 49.6 Å². The van der Waals surface area contributed by atoms with E-state index in [0.29, 0.717) is 22.8 Å². The quantitative estimate of drug-likeness (QED) is 0.774. The summed E-state index contributed by atoms with van der Waals surface area (Å²) in [6.45, 7) is 0. The first kappa shape index (κ1) is 17.5. The van der Waals surface area contributed by atoms with Crippen LogP contribution in [0.15, 0.2) is 41.0 Å². The van der Waals surface area contributed by atoms with Crippen LogP contribution in [0.3, 0.4) is 0 Å². The minimum Gasteiger partial charge on any atom is -0.459 e. The second-order valence-corrected chi connectivity index (χ2v) is 6.65. The standard InChI is InChI=1S/C18H20ClN3O3/c19-14-10-13(21-17(23)11-3-1-4-12(20)9-11)6-7-15(14)22-18(24)16-5-2-8-25-16/h2,5-8,10-12H,1,3-4,9,20H2,(H,21,23)(H,22,24). The zero-order valence-corrected chi connectivity index (χ0v) is 14.4. The molecule has 1 aromatic carbocycles. The van der Waals surface area contributed by atoms with Gasteiger partial charge >= 0.3 is 0 Å². The highest BCUT2D eigenvalue weighted by atomic mass is 35.5. The van der Waals surface area contributed by atoms with Gasteiger partial charge in [-0.1, -0.05) is 18.0 Å². The van der Waals surface area contributed by atoms with Gasteiger partial charge in [0.2, 0.25) is 5.91 Å². The van der Waals surface area contributed by atoms with Gasteiger partial charge in [-0.25, -0.2) is 0 Å². The van der Waals surface area contributed by atoms with Crippen LogP contribution in [0.4, 0.5) is 11.4 Å². The van der Waals surface area contributed by atoms with E-state index in [2.05, 4.69) is 10.6 Å². The number of hydrogen-bond acceptors (Lipinski definition) is 4. The number of amides is 2. The predicted octanol–water partition coefficient (Wildman–Crippen LogP) is 3.64. The molecule has 1 heterocycles. The molecular formula is C18H20ClN3O3. The average molecular weight is 362 g/mol. The third kappa shape index (κ3) is 4.41. The molecule has 1 fully saturated rings. The van der Waals surface area contributed by atoms with Gasteiger partial charge in [0.1, 0.15) is 0 Å². The summed E-state index contributed by atoms with van der Waals surface area (Å²) in [5.74, 6) is -0.304. The number of rotatable bonds is 4. The first-order valence-corrected chi connectivity index (χ1v) is 8.61. The molecule has 2 atom stereocenters. The number of carbonyl (C=O) groups excluding carboxylic acids is 2. The fourth-order valence-corrected chi connectivity index (χ4v) is 3.22. The molecule has 0 saturated heterocycles. The molecular weight excluding hydrogens is 342 g/mol. The average Bonchev–Trinajstić information content (AvgIpc) is 3.12. The van der Waals surface area contributed by atoms with Crippen LogP contribution >= 0.6 is 11.6 Å². The summed E-state index contributed by atoms with van der Waals surface area (Å²) in [5, 5.41) is 5.87.